The number of anilines is 1. The van der Waals surface area contributed by atoms with Gasteiger partial charge in [-0.25, -0.2) is 8.42 Å². The molecule has 0 saturated carbocycles. The highest BCUT2D eigenvalue weighted by atomic mass is 35.5. The van der Waals surface area contributed by atoms with Crippen LogP contribution in [0.4, 0.5) is 5.69 Å². The Morgan fingerprint density at radius 1 is 1.08 bits per heavy atom. The highest BCUT2D eigenvalue weighted by Crippen LogP contribution is 2.25. The van der Waals surface area contributed by atoms with Crippen LogP contribution in [-0.4, -0.2) is 50.5 Å². The summed E-state index contributed by atoms with van der Waals surface area (Å²) in [7, 11) is -3.54. The second kappa shape index (κ2) is 13.9. The fourth-order valence-electron chi connectivity index (χ4n) is 3.91. The Bertz CT molecular complexity index is 1160. The van der Waals surface area contributed by atoms with Crippen LogP contribution in [0.5, 0.6) is 0 Å². The van der Waals surface area contributed by atoms with Crippen LogP contribution in [0.3, 0.4) is 0 Å². The van der Waals surface area contributed by atoms with Gasteiger partial charge in [-0.3, -0.25) is 13.9 Å². The molecule has 0 unspecified atom stereocenters. The van der Waals surface area contributed by atoms with E-state index in [-0.39, 0.29) is 37.7 Å². The molecule has 0 bridgehead atoms. The Balaban J connectivity index is 2.24. The predicted molar refractivity (Wildman–Crippen MR) is 147 cm³/mol. The maximum atomic E-state index is 13.4. The third kappa shape index (κ3) is 8.68. The van der Waals surface area contributed by atoms with Gasteiger partial charge in [0.1, 0.15) is 6.04 Å². The van der Waals surface area contributed by atoms with Gasteiger partial charge in [-0.15, -0.1) is 0 Å². The second-order valence-electron chi connectivity index (χ2n) is 8.75. The second-order valence-corrected chi connectivity index (χ2v) is 11.5. The highest BCUT2D eigenvalue weighted by Gasteiger charge is 2.29. The summed E-state index contributed by atoms with van der Waals surface area (Å²) in [6.07, 6.45) is 2.71. The van der Waals surface area contributed by atoms with Gasteiger partial charge < -0.3 is 10.2 Å². The number of rotatable bonds is 13. The number of hydrogen-bond acceptors (Lipinski definition) is 4. The number of carbonyl (C=O) groups excluding carboxylic acids is 2. The molecule has 0 aliphatic carbocycles. The number of hydrogen-bond donors (Lipinski definition) is 1. The predicted octanol–water partition coefficient (Wildman–Crippen LogP) is 5.18. The maximum absolute atomic E-state index is 13.4. The van der Waals surface area contributed by atoms with E-state index in [1.54, 1.807) is 36.4 Å². The van der Waals surface area contributed by atoms with Gasteiger partial charge in [-0.05, 0) is 61.6 Å². The van der Waals surface area contributed by atoms with Crippen LogP contribution in [0, 0.1) is 6.92 Å². The van der Waals surface area contributed by atoms with Crippen LogP contribution in [0.1, 0.15) is 50.7 Å². The van der Waals surface area contributed by atoms with Crippen molar-refractivity contribution in [1.29, 1.82) is 0 Å². The molecule has 0 heterocycles. The van der Waals surface area contributed by atoms with Crippen molar-refractivity contribution in [3.05, 3.63) is 63.6 Å². The van der Waals surface area contributed by atoms with Gasteiger partial charge in [0, 0.05) is 36.1 Å². The van der Waals surface area contributed by atoms with Gasteiger partial charge in [0.05, 0.1) is 11.9 Å². The van der Waals surface area contributed by atoms with Crippen molar-refractivity contribution in [1.82, 2.24) is 10.2 Å². The van der Waals surface area contributed by atoms with Crippen molar-refractivity contribution in [2.45, 2.75) is 59.0 Å². The normalized spacial score (nSPS) is 12.2. The molecule has 0 saturated heterocycles. The van der Waals surface area contributed by atoms with Crippen LogP contribution in [0.25, 0.3) is 0 Å². The fraction of sp³-hybridized carbons (Fsp3) is 0.462. The van der Waals surface area contributed by atoms with Crippen LogP contribution in [0.15, 0.2) is 42.5 Å². The molecular weight excluding hydrogens is 521 g/mol. The number of carbonyl (C=O) groups is 2. The Morgan fingerprint density at radius 2 is 1.81 bits per heavy atom. The van der Waals surface area contributed by atoms with Gasteiger partial charge in [-0.1, -0.05) is 55.2 Å². The minimum atomic E-state index is -3.54. The SMILES string of the molecule is CCCNC(=O)[C@H](CC)N(Cc1ccc(Cl)cc1Cl)C(=O)CCCN(c1cccc(C)c1)S(C)(=O)=O. The molecule has 1 atom stereocenters. The minimum Gasteiger partial charge on any atom is -0.354 e. The Morgan fingerprint density at radius 3 is 2.39 bits per heavy atom. The Labute approximate surface area is 224 Å². The van der Waals surface area contributed by atoms with E-state index in [1.165, 1.54) is 9.21 Å². The first-order valence-corrected chi connectivity index (χ1v) is 14.6. The summed E-state index contributed by atoms with van der Waals surface area (Å²) in [6.45, 7) is 6.49. The molecule has 0 aromatic heterocycles. The number of halogens is 2. The molecule has 10 heteroatoms. The molecule has 36 heavy (non-hydrogen) atoms. The molecule has 0 spiro atoms. The zero-order valence-corrected chi connectivity index (χ0v) is 23.6. The zero-order valence-electron chi connectivity index (χ0n) is 21.3. The van der Waals surface area contributed by atoms with E-state index in [1.807, 2.05) is 26.8 Å². The van der Waals surface area contributed by atoms with Gasteiger partial charge >= 0.3 is 0 Å². The molecule has 1 N–H and O–H groups in total. The highest BCUT2D eigenvalue weighted by molar-refractivity contribution is 7.92. The van der Waals surface area contributed by atoms with Crippen molar-refractivity contribution in [3.8, 4) is 0 Å². The van der Waals surface area contributed by atoms with Crippen molar-refractivity contribution in [2.24, 2.45) is 0 Å². The van der Waals surface area contributed by atoms with Crippen molar-refractivity contribution in [2.75, 3.05) is 23.7 Å². The third-order valence-corrected chi connectivity index (χ3v) is 7.51. The fourth-order valence-corrected chi connectivity index (χ4v) is 5.33. The molecule has 0 aliphatic heterocycles. The summed E-state index contributed by atoms with van der Waals surface area (Å²) in [5, 5.41) is 3.76. The van der Waals surface area contributed by atoms with E-state index in [0.29, 0.717) is 34.3 Å². The standard InChI is InChI=1S/C26H35Cl2N3O4S/c1-5-14-29-26(33)24(6-2)30(18-20-12-13-21(27)17-23(20)28)25(32)11-8-15-31(36(4,34)35)22-10-7-9-19(3)16-22/h7,9-10,12-13,16-17,24H,5-6,8,11,14-15,18H2,1-4H3,(H,29,33)/t24-/m0/s1. The van der Waals surface area contributed by atoms with E-state index in [9.17, 15) is 18.0 Å². The zero-order chi connectivity index (χ0) is 26.9. The number of amides is 2. The molecule has 0 radical (unpaired) electrons. The number of sulfonamides is 1. The van der Waals surface area contributed by atoms with Gasteiger partial charge in [0.2, 0.25) is 21.8 Å². The number of aryl methyl sites for hydroxylation is 1. The Hall–Kier alpha value is -2.29. The molecule has 7 nitrogen and oxygen atoms in total. The quantitative estimate of drug-likeness (QED) is 0.368. The molecule has 2 aromatic rings. The van der Waals surface area contributed by atoms with Crippen molar-refractivity contribution in [3.63, 3.8) is 0 Å². The first-order valence-electron chi connectivity index (χ1n) is 12.0. The first-order chi connectivity index (χ1) is 17.0. The van der Waals surface area contributed by atoms with Crippen LogP contribution in [0.2, 0.25) is 10.0 Å². The van der Waals surface area contributed by atoms with Crippen molar-refractivity contribution >= 4 is 50.7 Å². The summed E-state index contributed by atoms with van der Waals surface area (Å²) in [5.41, 5.74) is 2.17. The lowest BCUT2D eigenvalue weighted by molar-refractivity contribution is -0.141. The largest absolute Gasteiger partial charge is 0.354 e. The monoisotopic (exact) mass is 555 g/mol. The summed E-state index contributed by atoms with van der Waals surface area (Å²) < 4.78 is 26.2. The van der Waals surface area contributed by atoms with E-state index in [2.05, 4.69) is 5.32 Å². The number of nitrogens with one attached hydrogen (secondary N) is 1. The van der Waals surface area contributed by atoms with Gasteiger partial charge in [-0.2, -0.15) is 0 Å². The van der Waals surface area contributed by atoms with Crippen LogP contribution in [-0.2, 0) is 26.2 Å². The van der Waals surface area contributed by atoms with Crippen LogP contribution >= 0.6 is 23.2 Å². The summed E-state index contributed by atoms with van der Waals surface area (Å²) in [5.74, 6) is -0.479. The molecule has 2 amide bonds. The third-order valence-electron chi connectivity index (χ3n) is 5.73. The van der Waals surface area contributed by atoms with E-state index in [0.717, 1.165) is 18.2 Å². The molecular formula is C26H35Cl2N3O4S. The lowest BCUT2D eigenvalue weighted by atomic mass is 10.1. The molecule has 2 aromatic carbocycles. The van der Waals surface area contributed by atoms with E-state index < -0.39 is 16.1 Å². The van der Waals surface area contributed by atoms with E-state index >= 15 is 0 Å². The number of nitrogens with zero attached hydrogens (tertiary/aromatic N) is 2. The lowest BCUT2D eigenvalue weighted by Gasteiger charge is -2.31. The maximum Gasteiger partial charge on any atom is 0.242 e. The molecule has 2 rings (SSSR count). The topological polar surface area (TPSA) is 86.8 Å². The first kappa shape index (κ1) is 29.9. The van der Waals surface area contributed by atoms with Gasteiger partial charge in [0.25, 0.3) is 0 Å². The molecule has 198 valence electrons. The molecule has 0 aliphatic rings. The summed E-state index contributed by atoms with van der Waals surface area (Å²) in [4.78, 5) is 27.9. The van der Waals surface area contributed by atoms with Crippen LogP contribution < -0.4 is 9.62 Å². The lowest BCUT2D eigenvalue weighted by Crippen LogP contribution is -2.49. The smallest absolute Gasteiger partial charge is 0.242 e. The average molecular weight is 557 g/mol. The average Bonchev–Trinajstić information content (AvgIpc) is 2.80. The Kier molecular flexibility index (Phi) is 11.5. The summed E-state index contributed by atoms with van der Waals surface area (Å²) >= 11 is 12.4. The van der Waals surface area contributed by atoms with Crippen molar-refractivity contribution < 1.29 is 18.0 Å². The number of benzene rings is 2. The summed E-state index contributed by atoms with van der Waals surface area (Å²) in [6, 6.07) is 11.6. The van der Waals surface area contributed by atoms with Gasteiger partial charge in [0.15, 0.2) is 0 Å². The minimum absolute atomic E-state index is 0.0700. The van der Waals surface area contributed by atoms with E-state index in [4.69, 9.17) is 23.2 Å². The molecule has 0 fully saturated rings.